The van der Waals surface area contributed by atoms with E-state index in [-0.39, 0.29) is 0 Å². The molecule has 0 amide bonds. The normalized spacial score (nSPS) is 13.4. The largest absolute Gasteiger partial charge is 0.354 e. The smallest absolute Gasteiger partial charge is 0.0500 e. The van der Waals surface area contributed by atoms with Gasteiger partial charge in [-0.1, -0.05) is 42.5 Å². The second-order valence-corrected chi connectivity index (χ2v) is 5.13. The summed E-state index contributed by atoms with van der Waals surface area (Å²) in [6.07, 6.45) is 2.31. The van der Waals surface area contributed by atoms with Gasteiger partial charge in [0.1, 0.15) is 0 Å². The van der Waals surface area contributed by atoms with E-state index in [1.165, 1.54) is 38.9 Å². The van der Waals surface area contributed by atoms with Gasteiger partial charge in [-0.2, -0.15) is 0 Å². The van der Waals surface area contributed by atoms with Crippen LogP contribution in [-0.4, -0.2) is 4.98 Å². The molecule has 0 saturated heterocycles. The first-order valence-electron chi connectivity index (χ1n) is 6.53. The quantitative estimate of drug-likeness (QED) is 0.597. The second-order valence-electron chi connectivity index (χ2n) is 5.13. The number of hydrogen-bond acceptors (Lipinski definition) is 0. The number of aromatic nitrogens is 1. The Morgan fingerprint density at radius 1 is 0.944 bits per heavy atom. The fourth-order valence-electron chi connectivity index (χ4n) is 3.15. The Hall–Kier alpha value is -2.02. The molecule has 1 aliphatic rings. The molecule has 3 aromatic rings. The van der Waals surface area contributed by atoms with Crippen molar-refractivity contribution in [3.05, 3.63) is 59.2 Å². The van der Waals surface area contributed by atoms with Crippen molar-refractivity contribution in [2.75, 3.05) is 0 Å². The number of hydrogen-bond donors (Lipinski definition) is 1. The molecule has 0 unspecified atom stereocenters. The predicted octanol–water partition coefficient (Wildman–Crippen LogP) is 4.24. The van der Waals surface area contributed by atoms with Crippen molar-refractivity contribution >= 4 is 10.9 Å². The van der Waals surface area contributed by atoms with Crippen LogP contribution in [0.5, 0.6) is 0 Å². The Morgan fingerprint density at radius 2 is 1.83 bits per heavy atom. The van der Waals surface area contributed by atoms with Crippen LogP contribution >= 0.6 is 0 Å². The number of fused-ring (bicyclic) bond motifs is 5. The lowest BCUT2D eigenvalue weighted by Crippen LogP contribution is -2.02. The highest BCUT2D eigenvalue weighted by molar-refractivity contribution is 5.94. The maximum atomic E-state index is 3.64. The maximum Gasteiger partial charge on any atom is 0.0500 e. The van der Waals surface area contributed by atoms with Gasteiger partial charge in [0.2, 0.25) is 0 Å². The van der Waals surface area contributed by atoms with E-state index in [0.29, 0.717) is 0 Å². The van der Waals surface area contributed by atoms with Crippen molar-refractivity contribution in [3.63, 3.8) is 0 Å². The van der Waals surface area contributed by atoms with E-state index in [2.05, 4.69) is 54.4 Å². The van der Waals surface area contributed by atoms with Crippen LogP contribution in [0.25, 0.3) is 22.2 Å². The van der Waals surface area contributed by atoms with Crippen molar-refractivity contribution in [1.29, 1.82) is 0 Å². The van der Waals surface area contributed by atoms with Gasteiger partial charge < -0.3 is 4.98 Å². The summed E-state index contributed by atoms with van der Waals surface area (Å²) in [6, 6.07) is 15.3. The fourth-order valence-corrected chi connectivity index (χ4v) is 3.15. The predicted molar refractivity (Wildman–Crippen MR) is 75.9 cm³/mol. The summed E-state index contributed by atoms with van der Waals surface area (Å²) in [7, 11) is 0. The highest BCUT2D eigenvalue weighted by Gasteiger charge is 2.20. The van der Waals surface area contributed by atoms with Gasteiger partial charge >= 0.3 is 0 Å². The Labute approximate surface area is 106 Å². The molecule has 1 N–H and O–H groups in total. The third-order valence-electron chi connectivity index (χ3n) is 4.08. The Kier molecular flexibility index (Phi) is 1.93. The van der Waals surface area contributed by atoms with Crippen molar-refractivity contribution < 1.29 is 0 Å². The standard InChI is InChI=1S/C17H15N/c1-11-5-4-8-14-15-10-9-12-6-2-3-7-13(12)17(15)18-16(11)14/h2-8,18H,9-10H2,1H3. The van der Waals surface area contributed by atoms with Gasteiger partial charge in [-0.05, 0) is 36.5 Å². The molecule has 0 spiro atoms. The van der Waals surface area contributed by atoms with Crippen LogP contribution in [0.3, 0.4) is 0 Å². The second kappa shape index (κ2) is 3.49. The number of para-hydroxylation sites is 1. The third-order valence-corrected chi connectivity index (χ3v) is 4.08. The number of benzene rings is 2. The molecule has 18 heavy (non-hydrogen) atoms. The Bertz CT molecular complexity index is 749. The van der Waals surface area contributed by atoms with Gasteiger partial charge in [0.25, 0.3) is 0 Å². The molecule has 1 nitrogen and oxygen atoms in total. The summed E-state index contributed by atoms with van der Waals surface area (Å²) >= 11 is 0. The summed E-state index contributed by atoms with van der Waals surface area (Å²) < 4.78 is 0. The van der Waals surface area contributed by atoms with E-state index < -0.39 is 0 Å². The first-order valence-corrected chi connectivity index (χ1v) is 6.53. The average Bonchev–Trinajstić information content (AvgIpc) is 2.79. The molecule has 4 rings (SSSR count). The molecular formula is C17H15N. The molecule has 1 aromatic heterocycles. The zero-order chi connectivity index (χ0) is 12.1. The lowest BCUT2D eigenvalue weighted by molar-refractivity contribution is 0.948. The third kappa shape index (κ3) is 1.22. The minimum atomic E-state index is 1.15. The number of H-pyrrole nitrogens is 1. The van der Waals surface area contributed by atoms with Crippen LogP contribution < -0.4 is 0 Å². The molecule has 2 aromatic carbocycles. The van der Waals surface area contributed by atoms with E-state index in [1.54, 1.807) is 0 Å². The van der Waals surface area contributed by atoms with Crippen molar-refractivity contribution in [2.45, 2.75) is 19.8 Å². The summed E-state index contributed by atoms with van der Waals surface area (Å²) in [5, 5.41) is 1.40. The minimum Gasteiger partial charge on any atom is -0.354 e. The molecule has 0 saturated carbocycles. The highest BCUT2D eigenvalue weighted by Crippen LogP contribution is 2.37. The number of aromatic amines is 1. The summed E-state index contributed by atoms with van der Waals surface area (Å²) in [6.45, 7) is 2.18. The molecule has 1 aliphatic carbocycles. The minimum absolute atomic E-state index is 1.15. The van der Waals surface area contributed by atoms with Crippen LogP contribution in [0.4, 0.5) is 0 Å². The zero-order valence-electron chi connectivity index (χ0n) is 10.5. The van der Waals surface area contributed by atoms with Crippen LogP contribution in [0, 0.1) is 6.92 Å². The van der Waals surface area contributed by atoms with E-state index in [9.17, 15) is 0 Å². The lowest BCUT2D eigenvalue weighted by Gasteiger charge is -2.16. The van der Waals surface area contributed by atoms with Crippen molar-refractivity contribution in [2.24, 2.45) is 0 Å². The van der Waals surface area contributed by atoms with Gasteiger partial charge in [-0.3, -0.25) is 0 Å². The Balaban J connectivity index is 2.11. The summed E-state index contributed by atoms with van der Waals surface area (Å²) in [5.41, 5.74) is 8.32. The maximum absolute atomic E-state index is 3.64. The van der Waals surface area contributed by atoms with Crippen LogP contribution in [0.2, 0.25) is 0 Å². The topological polar surface area (TPSA) is 15.8 Å². The van der Waals surface area contributed by atoms with E-state index in [4.69, 9.17) is 0 Å². The van der Waals surface area contributed by atoms with E-state index in [0.717, 1.165) is 12.8 Å². The first-order chi connectivity index (χ1) is 8.84. The van der Waals surface area contributed by atoms with Gasteiger partial charge in [0, 0.05) is 22.2 Å². The molecule has 1 heteroatoms. The first kappa shape index (κ1) is 9.95. The zero-order valence-corrected chi connectivity index (χ0v) is 10.5. The van der Waals surface area contributed by atoms with E-state index >= 15 is 0 Å². The van der Waals surface area contributed by atoms with Crippen molar-refractivity contribution in [3.8, 4) is 11.3 Å². The molecular weight excluding hydrogens is 218 g/mol. The van der Waals surface area contributed by atoms with Crippen LogP contribution in [-0.2, 0) is 12.8 Å². The Morgan fingerprint density at radius 3 is 2.78 bits per heavy atom. The molecule has 1 heterocycles. The van der Waals surface area contributed by atoms with Crippen LogP contribution in [0.1, 0.15) is 16.7 Å². The molecule has 0 fully saturated rings. The van der Waals surface area contributed by atoms with Crippen LogP contribution in [0.15, 0.2) is 42.5 Å². The van der Waals surface area contributed by atoms with Gasteiger partial charge in [-0.15, -0.1) is 0 Å². The fraction of sp³-hybridized carbons (Fsp3) is 0.176. The lowest BCUT2D eigenvalue weighted by atomic mass is 9.89. The molecule has 0 bridgehead atoms. The molecule has 0 atom stereocenters. The summed E-state index contributed by atoms with van der Waals surface area (Å²) in [5.74, 6) is 0. The molecule has 88 valence electrons. The van der Waals surface area contributed by atoms with Crippen molar-refractivity contribution in [1.82, 2.24) is 4.98 Å². The van der Waals surface area contributed by atoms with E-state index in [1.807, 2.05) is 0 Å². The van der Waals surface area contributed by atoms with Gasteiger partial charge in [0.15, 0.2) is 0 Å². The number of aryl methyl sites for hydroxylation is 3. The van der Waals surface area contributed by atoms with Gasteiger partial charge in [0.05, 0.1) is 0 Å². The number of nitrogens with one attached hydrogen (secondary N) is 1. The SMILES string of the molecule is Cc1cccc2c3c([nH]c12)-c1ccccc1CC3. The molecule has 0 aliphatic heterocycles. The monoisotopic (exact) mass is 233 g/mol. The average molecular weight is 233 g/mol. The summed E-state index contributed by atoms with van der Waals surface area (Å²) in [4.78, 5) is 3.64. The highest BCUT2D eigenvalue weighted by atomic mass is 14.7. The van der Waals surface area contributed by atoms with Gasteiger partial charge in [-0.25, -0.2) is 0 Å². The molecule has 0 radical (unpaired) electrons. The number of rotatable bonds is 0.